The monoisotopic (exact) mass is 206 g/mol. The molecule has 0 radical (unpaired) electrons. The smallest absolute Gasteiger partial charge is 0.345 e. The third kappa shape index (κ3) is 2.73. The molecule has 1 heterocycles. The number of amides is 1. The maximum absolute atomic E-state index is 11.6. The van der Waals surface area contributed by atoms with E-state index in [1.54, 1.807) is 0 Å². The Morgan fingerprint density at radius 3 is 3.00 bits per heavy atom. The lowest BCUT2D eigenvalue weighted by Crippen LogP contribution is -2.21. The van der Waals surface area contributed by atoms with Crippen molar-refractivity contribution in [1.29, 1.82) is 0 Å². The molecule has 0 unspecified atom stereocenters. The predicted octanol–water partition coefficient (Wildman–Crippen LogP) is -0.384. The van der Waals surface area contributed by atoms with E-state index in [1.807, 2.05) is 0 Å². The summed E-state index contributed by atoms with van der Waals surface area (Å²) in [4.78, 5) is 14.2. The molecule has 0 aromatic carbocycles. The van der Waals surface area contributed by atoms with Crippen molar-refractivity contribution >= 4 is 5.91 Å². The molecule has 0 fully saturated rings. The number of carbonyl (C=O) groups excluding carboxylic acids is 1. The number of nitrogens with zero attached hydrogens (tertiary/aromatic N) is 3. The van der Waals surface area contributed by atoms with Gasteiger partial charge in [0.15, 0.2) is 0 Å². The third-order valence-electron chi connectivity index (χ3n) is 1.38. The van der Waals surface area contributed by atoms with Gasteiger partial charge in [-0.2, -0.15) is 13.9 Å². The first-order chi connectivity index (χ1) is 6.61. The Balaban J connectivity index is 2.50. The highest BCUT2D eigenvalue weighted by Gasteiger charge is 2.10. The van der Waals surface area contributed by atoms with E-state index in [4.69, 9.17) is 5.73 Å². The van der Waals surface area contributed by atoms with Crippen molar-refractivity contribution in [3.63, 3.8) is 0 Å². The first kappa shape index (κ1) is 10.5. The highest BCUT2D eigenvalue weighted by molar-refractivity contribution is 5.88. The van der Waals surface area contributed by atoms with Crippen molar-refractivity contribution in [3.05, 3.63) is 12.2 Å². The van der Waals surface area contributed by atoms with Crippen molar-refractivity contribution in [1.82, 2.24) is 14.8 Å². The SMILES string of the molecule is NC(=O)c1ncnn1CCOC(F)F. The summed E-state index contributed by atoms with van der Waals surface area (Å²) in [6.45, 7) is -3.10. The summed E-state index contributed by atoms with van der Waals surface area (Å²) in [6, 6.07) is 0. The summed E-state index contributed by atoms with van der Waals surface area (Å²) < 4.78 is 28.2. The summed E-state index contributed by atoms with van der Waals surface area (Å²) in [5, 5.41) is 3.61. The second-order valence-electron chi connectivity index (χ2n) is 2.30. The van der Waals surface area contributed by atoms with Crippen molar-refractivity contribution in [3.8, 4) is 0 Å². The Hall–Kier alpha value is -1.57. The van der Waals surface area contributed by atoms with Gasteiger partial charge in [-0.1, -0.05) is 0 Å². The number of primary amides is 1. The van der Waals surface area contributed by atoms with E-state index in [-0.39, 0.29) is 19.0 Å². The van der Waals surface area contributed by atoms with Gasteiger partial charge in [-0.3, -0.25) is 4.79 Å². The van der Waals surface area contributed by atoms with Crippen LogP contribution in [0.3, 0.4) is 0 Å². The van der Waals surface area contributed by atoms with E-state index in [1.165, 1.54) is 0 Å². The third-order valence-corrected chi connectivity index (χ3v) is 1.38. The standard InChI is InChI=1S/C6H8F2N4O2/c7-6(8)14-2-1-12-5(4(9)13)10-3-11-12/h3,6H,1-2H2,(H2,9,13). The number of hydrogen-bond donors (Lipinski definition) is 1. The largest absolute Gasteiger partial charge is 0.363 e. The summed E-state index contributed by atoms with van der Waals surface area (Å²) in [5.41, 5.74) is 4.94. The summed E-state index contributed by atoms with van der Waals surface area (Å²) in [7, 11) is 0. The Bertz CT molecular complexity index is 315. The molecule has 14 heavy (non-hydrogen) atoms. The van der Waals surface area contributed by atoms with E-state index in [0.717, 1.165) is 11.0 Å². The average molecular weight is 206 g/mol. The fourth-order valence-corrected chi connectivity index (χ4v) is 0.847. The Labute approximate surface area is 77.7 Å². The van der Waals surface area contributed by atoms with Gasteiger partial charge in [0.1, 0.15) is 6.33 Å². The predicted molar refractivity (Wildman–Crippen MR) is 40.5 cm³/mol. The van der Waals surface area contributed by atoms with E-state index >= 15 is 0 Å². The summed E-state index contributed by atoms with van der Waals surface area (Å²) >= 11 is 0. The van der Waals surface area contributed by atoms with Gasteiger partial charge in [-0.25, -0.2) is 9.67 Å². The van der Waals surface area contributed by atoms with Gasteiger partial charge in [0.05, 0.1) is 13.2 Å². The van der Waals surface area contributed by atoms with Crippen LogP contribution in [-0.2, 0) is 11.3 Å². The lowest BCUT2D eigenvalue weighted by molar-refractivity contribution is -0.130. The topological polar surface area (TPSA) is 83.0 Å². The molecule has 0 bridgehead atoms. The number of carbonyl (C=O) groups is 1. The van der Waals surface area contributed by atoms with Gasteiger partial charge >= 0.3 is 6.61 Å². The molecule has 0 aliphatic carbocycles. The minimum absolute atomic E-state index is 0.00259. The fourth-order valence-electron chi connectivity index (χ4n) is 0.847. The van der Waals surface area contributed by atoms with Crippen LogP contribution in [0.15, 0.2) is 6.33 Å². The van der Waals surface area contributed by atoms with Crippen LogP contribution in [0.5, 0.6) is 0 Å². The lowest BCUT2D eigenvalue weighted by Gasteiger charge is -2.03. The van der Waals surface area contributed by atoms with Crippen LogP contribution in [-0.4, -0.2) is 33.9 Å². The summed E-state index contributed by atoms with van der Waals surface area (Å²) in [5.74, 6) is -0.845. The quantitative estimate of drug-likeness (QED) is 0.711. The highest BCUT2D eigenvalue weighted by Crippen LogP contribution is 1.97. The van der Waals surface area contributed by atoms with Crippen LogP contribution >= 0.6 is 0 Å². The lowest BCUT2D eigenvalue weighted by atomic mass is 10.5. The normalized spacial score (nSPS) is 10.8. The van der Waals surface area contributed by atoms with Crippen LogP contribution in [0.25, 0.3) is 0 Å². The van der Waals surface area contributed by atoms with Crippen LogP contribution in [0.4, 0.5) is 8.78 Å². The molecule has 1 aromatic rings. The molecule has 1 amide bonds. The Kier molecular flexibility index (Phi) is 3.46. The minimum atomic E-state index is -2.84. The van der Waals surface area contributed by atoms with Crippen LogP contribution < -0.4 is 5.73 Å². The maximum Gasteiger partial charge on any atom is 0.345 e. The molecule has 6 nitrogen and oxygen atoms in total. The molecular formula is C6H8F2N4O2. The molecule has 2 N–H and O–H groups in total. The summed E-state index contributed by atoms with van der Waals surface area (Å²) in [6.07, 6.45) is 1.11. The molecular weight excluding hydrogens is 198 g/mol. The molecule has 8 heteroatoms. The van der Waals surface area contributed by atoms with Gasteiger partial charge in [-0.15, -0.1) is 0 Å². The average Bonchev–Trinajstić information content (AvgIpc) is 2.51. The number of hydrogen-bond acceptors (Lipinski definition) is 4. The second-order valence-corrected chi connectivity index (χ2v) is 2.30. The number of halogens is 2. The molecule has 0 saturated carbocycles. The number of rotatable bonds is 5. The van der Waals surface area contributed by atoms with Crippen molar-refractivity contribution < 1.29 is 18.3 Å². The van der Waals surface area contributed by atoms with E-state index in [0.29, 0.717) is 0 Å². The molecule has 0 aliphatic heterocycles. The van der Waals surface area contributed by atoms with Crippen molar-refractivity contribution in [2.75, 3.05) is 6.61 Å². The van der Waals surface area contributed by atoms with Crippen LogP contribution in [0.1, 0.15) is 10.6 Å². The van der Waals surface area contributed by atoms with Gasteiger partial charge in [0.2, 0.25) is 5.82 Å². The minimum Gasteiger partial charge on any atom is -0.363 e. The number of alkyl halides is 2. The zero-order valence-electron chi connectivity index (χ0n) is 7.06. The molecule has 0 spiro atoms. The molecule has 0 aliphatic rings. The van der Waals surface area contributed by atoms with E-state index in [2.05, 4.69) is 14.8 Å². The van der Waals surface area contributed by atoms with Gasteiger partial charge in [0, 0.05) is 0 Å². The zero-order chi connectivity index (χ0) is 10.6. The molecule has 1 rings (SSSR count). The van der Waals surface area contributed by atoms with Gasteiger partial charge < -0.3 is 10.5 Å². The van der Waals surface area contributed by atoms with Crippen molar-refractivity contribution in [2.45, 2.75) is 13.2 Å². The second kappa shape index (κ2) is 4.61. The Morgan fingerprint density at radius 2 is 2.43 bits per heavy atom. The molecule has 0 saturated heterocycles. The molecule has 1 aromatic heterocycles. The zero-order valence-corrected chi connectivity index (χ0v) is 7.06. The number of nitrogens with two attached hydrogens (primary N) is 1. The number of ether oxygens (including phenoxy) is 1. The van der Waals surface area contributed by atoms with Crippen molar-refractivity contribution in [2.24, 2.45) is 5.73 Å². The first-order valence-corrected chi connectivity index (χ1v) is 3.68. The fraction of sp³-hybridized carbons (Fsp3) is 0.500. The Morgan fingerprint density at radius 1 is 1.71 bits per heavy atom. The molecule has 0 atom stereocenters. The van der Waals surface area contributed by atoms with Gasteiger partial charge in [0.25, 0.3) is 5.91 Å². The van der Waals surface area contributed by atoms with Gasteiger partial charge in [-0.05, 0) is 0 Å². The number of aromatic nitrogens is 3. The molecule has 78 valence electrons. The maximum atomic E-state index is 11.6. The van der Waals surface area contributed by atoms with E-state index in [9.17, 15) is 13.6 Å². The van der Waals surface area contributed by atoms with E-state index < -0.39 is 12.5 Å². The van der Waals surface area contributed by atoms with Crippen LogP contribution in [0.2, 0.25) is 0 Å². The van der Waals surface area contributed by atoms with Crippen LogP contribution in [0, 0.1) is 0 Å². The highest BCUT2D eigenvalue weighted by atomic mass is 19.3. The first-order valence-electron chi connectivity index (χ1n) is 3.68.